The molecule has 0 aromatic rings. The molecule has 3 aliphatic carbocycles. The van der Waals surface area contributed by atoms with Gasteiger partial charge in [0.05, 0.1) is 0 Å². The van der Waals surface area contributed by atoms with Crippen molar-refractivity contribution in [3.8, 4) is 0 Å². The number of hydrogen-bond acceptors (Lipinski definition) is 2. The lowest BCUT2D eigenvalue weighted by Crippen LogP contribution is -2.54. The third-order valence-electron chi connectivity index (χ3n) is 4.14. The van der Waals surface area contributed by atoms with Crippen molar-refractivity contribution in [3.63, 3.8) is 0 Å². The Morgan fingerprint density at radius 3 is 2.57 bits per heavy atom. The molecule has 0 aromatic carbocycles. The summed E-state index contributed by atoms with van der Waals surface area (Å²) >= 11 is 0. The fraction of sp³-hybridized carbons (Fsp3) is 0.750. The predicted molar refractivity (Wildman–Crippen MR) is 54.7 cm³/mol. The zero-order valence-corrected chi connectivity index (χ0v) is 9.17. The van der Waals surface area contributed by atoms with Crippen molar-refractivity contribution in [3.05, 3.63) is 12.2 Å². The molecule has 0 spiro atoms. The van der Waals surface area contributed by atoms with Crippen molar-refractivity contribution in [2.24, 2.45) is 17.3 Å². The van der Waals surface area contributed by atoms with Crippen LogP contribution in [0.1, 0.15) is 33.6 Å². The molecule has 2 nitrogen and oxygen atoms in total. The molecule has 0 aromatic heterocycles. The number of hydrogen-bond donors (Lipinski definition) is 0. The summed E-state index contributed by atoms with van der Waals surface area (Å²) in [5.41, 5.74) is 1.51. The Morgan fingerprint density at radius 2 is 2.14 bits per heavy atom. The van der Waals surface area contributed by atoms with Gasteiger partial charge in [-0.25, -0.2) is 0 Å². The molecule has 14 heavy (non-hydrogen) atoms. The Labute approximate surface area is 85.3 Å². The highest BCUT2D eigenvalue weighted by Gasteiger charge is 2.55. The van der Waals surface area contributed by atoms with E-state index in [9.17, 15) is 4.79 Å². The Kier molecular flexibility index (Phi) is 1.98. The van der Waals surface area contributed by atoms with Gasteiger partial charge in [0.1, 0.15) is 6.10 Å². The first kappa shape index (κ1) is 9.75. The first-order chi connectivity index (χ1) is 6.43. The maximum absolute atomic E-state index is 10.9. The summed E-state index contributed by atoms with van der Waals surface area (Å²) in [7, 11) is 0. The lowest BCUT2D eigenvalue weighted by molar-refractivity contribution is -0.153. The number of rotatable bonds is 1. The maximum Gasteiger partial charge on any atom is 0.303 e. The largest absolute Gasteiger partial charge is 0.458 e. The Balaban J connectivity index is 2.08. The number of esters is 1. The van der Waals surface area contributed by atoms with Crippen LogP contribution in [-0.2, 0) is 9.53 Å². The predicted octanol–water partition coefficient (Wildman–Crippen LogP) is 2.54. The lowest BCUT2D eigenvalue weighted by Gasteiger charge is -2.59. The summed E-state index contributed by atoms with van der Waals surface area (Å²) in [6.45, 7) is 10.1. The second kappa shape index (κ2) is 2.85. The Morgan fingerprint density at radius 1 is 1.50 bits per heavy atom. The van der Waals surface area contributed by atoms with Crippen molar-refractivity contribution in [2.75, 3.05) is 0 Å². The van der Waals surface area contributed by atoms with E-state index in [1.54, 1.807) is 0 Å². The molecule has 3 fully saturated rings. The van der Waals surface area contributed by atoms with Gasteiger partial charge in [0.2, 0.25) is 0 Å². The van der Waals surface area contributed by atoms with E-state index in [2.05, 4.69) is 20.4 Å². The SMILES string of the molecule is C=C1[C@@H](OC(C)=O)C[C@@H]2C[C@H]1C2(C)C. The van der Waals surface area contributed by atoms with Crippen LogP contribution in [0.4, 0.5) is 0 Å². The molecule has 3 aliphatic rings. The maximum atomic E-state index is 10.9. The highest BCUT2D eigenvalue weighted by molar-refractivity contribution is 5.66. The molecular weight excluding hydrogens is 176 g/mol. The van der Waals surface area contributed by atoms with Crippen LogP contribution in [0.15, 0.2) is 12.2 Å². The Hall–Kier alpha value is -0.790. The highest BCUT2D eigenvalue weighted by atomic mass is 16.5. The van der Waals surface area contributed by atoms with Crippen LogP contribution in [0.25, 0.3) is 0 Å². The van der Waals surface area contributed by atoms with Crippen LogP contribution in [0, 0.1) is 17.3 Å². The third-order valence-corrected chi connectivity index (χ3v) is 4.14. The molecular formula is C12H18O2. The number of fused-ring (bicyclic) bond motifs is 2. The number of carbonyl (C=O) groups excluding carboxylic acids is 1. The van der Waals surface area contributed by atoms with Gasteiger partial charge in [-0.15, -0.1) is 0 Å². The summed E-state index contributed by atoms with van der Waals surface area (Å²) < 4.78 is 5.26. The molecule has 3 saturated carbocycles. The zero-order chi connectivity index (χ0) is 10.5. The lowest BCUT2D eigenvalue weighted by atomic mass is 9.47. The minimum absolute atomic E-state index is 0.00993. The normalized spacial score (nSPS) is 38.8. The second-order valence-electron chi connectivity index (χ2n) is 5.22. The van der Waals surface area contributed by atoms with Crippen LogP contribution >= 0.6 is 0 Å². The molecule has 3 rings (SSSR count). The summed E-state index contributed by atoms with van der Waals surface area (Å²) in [4.78, 5) is 10.9. The van der Waals surface area contributed by atoms with E-state index in [-0.39, 0.29) is 12.1 Å². The fourth-order valence-corrected chi connectivity index (χ4v) is 3.00. The minimum atomic E-state index is -0.185. The molecule has 0 N–H and O–H groups in total. The molecule has 0 unspecified atom stereocenters. The van der Waals surface area contributed by atoms with Crippen molar-refractivity contribution in [1.29, 1.82) is 0 Å². The van der Waals surface area contributed by atoms with Gasteiger partial charge in [0.15, 0.2) is 0 Å². The summed E-state index contributed by atoms with van der Waals surface area (Å²) in [6, 6.07) is 0. The van der Waals surface area contributed by atoms with Crippen LogP contribution in [0.3, 0.4) is 0 Å². The summed E-state index contributed by atoms with van der Waals surface area (Å²) in [5, 5.41) is 0. The van der Waals surface area contributed by atoms with E-state index in [1.807, 2.05) is 0 Å². The fourth-order valence-electron chi connectivity index (χ4n) is 3.00. The summed E-state index contributed by atoms with van der Waals surface area (Å²) in [5.74, 6) is 1.09. The monoisotopic (exact) mass is 194 g/mol. The molecule has 0 heterocycles. The molecule has 3 atom stereocenters. The molecule has 0 radical (unpaired) electrons. The van der Waals surface area contributed by atoms with E-state index >= 15 is 0 Å². The Bertz CT molecular complexity index is 291. The number of carbonyl (C=O) groups is 1. The smallest absolute Gasteiger partial charge is 0.303 e. The van der Waals surface area contributed by atoms with Gasteiger partial charge >= 0.3 is 5.97 Å². The third kappa shape index (κ3) is 1.20. The number of ether oxygens (including phenoxy) is 1. The van der Waals surface area contributed by atoms with Gasteiger partial charge in [-0.05, 0) is 35.7 Å². The standard InChI is InChI=1S/C12H18O2/c1-7-10-5-9(12(10,3)4)6-11(7)14-8(2)13/h9-11H,1,5-6H2,2-4H3/t9-,10+,11-/m0/s1. The van der Waals surface area contributed by atoms with E-state index in [4.69, 9.17) is 4.74 Å². The average Bonchev–Trinajstić information content (AvgIpc) is 2.06. The van der Waals surface area contributed by atoms with Gasteiger partial charge in [-0.2, -0.15) is 0 Å². The van der Waals surface area contributed by atoms with Crippen molar-refractivity contribution < 1.29 is 9.53 Å². The van der Waals surface area contributed by atoms with E-state index < -0.39 is 0 Å². The first-order valence-electron chi connectivity index (χ1n) is 5.29. The van der Waals surface area contributed by atoms with Gasteiger partial charge < -0.3 is 4.74 Å². The van der Waals surface area contributed by atoms with Gasteiger partial charge in [0.25, 0.3) is 0 Å². The van der Waals surface area contributed by atoms with Gasteiger partial charge in [-0.3, -0.25) is 4.79 Å². The van der Waals surface area contributed by atoms with E-state index in [1.165, 1.54) is 13.3 Å². The highest BCUT2D eigenvalue weighted by Crippen LogP contribution is 2.61. The molecule has 78 valence electrons. The quantitative estimate of drug-likeness (QED) is 0.473. The van der Waals surface area contributed by atoms with Gasteiger partial charge in [0, 0.05) is 6.92 Å². The van der Waals surface area contributed by atoms with E-state index in [0.29, 0.717) is 17.3 Å². The first-order valence-corrected chi connectivity index (χ1v) is 5.29. The van der Waals surface area contributed by atoms with Crippen LogP contribution in [0.2, 0.25) is 0 Å². The van der Waals surface area contributed by atoms with Crippen molar-refractivity contribution >= 4 is 5.97 Å². The zero-order valence-electron chi connectivity index (χ0n) is 9.17. The minimum Gasteiger partial charge on any atom is -0.458 e. The molecule has 0 saturated heterocycles. The second-order valence-corrected chi connectivity index (χ2v) is 5.22. The van der Waals surface area contributed by atoms with Crippen LogP contribution < -0.4 is 0 Å². The molecule has 2 heteroatoms. The summed E-state index contributed by atoms with van der Waals surface area (Å²) in [6.07, 6.45) is 2.20. The van der Waals surface area contributed by atoms with Crippen molar-refractivity contribution in [2.45, 2.75) is 39.7 Å². The van der Waals surface area contributed by atoms with Crippen LogP contribution in [0.5, 0.6) is 0 Å². The van der Waals surface area contributed by atoms with E-state index in [0.717, 1.165) is 12.0 Å². The molecule has 0 amide bonds. The van der Waals surface area contributed by atoms with Crippen molar-refractivity contribution in [1.82, 2.24) is 0 Å². The molecule has 2 bridgehead atoms. The topological polar surface area (TPSA) is 26.3 Å². The average molecular weight is 194 g/mol. The molecule has 0 aliphatic heterocycles. The van der Waals surface area contributed by atoms with Gasteiger partial charge in [-0.1, -0.05) is 20.4 Å². The van der Waals surface area contributed by atoms with Crippen LogP contribution in [-0.4, -0.2) is 12.1 Å².